The number of nitrogens with zero attached hydrogens (tertiary/aromatic N) is 2. The summed E-state index contributed by atoms with van der Waals surface area (Å²) < 4.78 is 13.8. The molecule has 2 aliphatic rings. The third kappa shape index (κ3) is 2.82. The van der Waals surface area contributed by atoms with E-state index in [1.807, 2.05) is 18.3 Å². The van der Waals surface area contributed by atoms with E-state index in [0.29, 0.717) is 31.0 Å². The molecule has 1 aliphatic heterocycles. The average molecular weight is 379 g/mol. The molecule has 28 heavy (non-hydrogen) atoms. The SMILES string of the molecule is CC1(C)CNC(=O)c2ccc(-c3c[nH]c4nc(NCC5(F)CC5)ncc34)cc21. The molecule has 6 nitrogen and oxygen atoms in total. The monoisotopic (exact) mass is 379 g/mol. The zero-order valence-electron chi connectivity index (χ0n) is 15.9. The number of carbonyl (C=O) groups excluding carboxylic acids is 1. The first-order chi connectivity index (χ1) is 13.3. The molecule has 0 bridgehead atoms. The lowest BCUT2D eigenvalue weighted by atomic mass is 9.78. The highest BCUT2D eigenvalue weighted by Crippen LogP contribution is 2.39. The van der Waals surface area contributed by atoms with E-state index >= 15 is 0 Å². The summed E-state index contributed by atoms with van der Waals surface area (Å²) in [4.78, 5) is 24.2. The predicted octanol–water partition coefficient (Wildman–Crippen LogP) is 3.56. The molecule has 5 rings (SSSR count). The molecule has 1 aromatic carbocycles. The van der Waals surface area contributed by atoms with Gasteiger partial charge in [0.2, 0.25) is 5.95 Å². The number of benzene rings is 1. The lowest BCUT2D eigenvalue weighted by molar-refractivity contribution is 0.0930. The fourth-order valence-corrected chi connectivity index (χ4v) is 3.74. The van der Waals surface area contributed by atoms with Crippen molar-refractivity contribution in [3.8, 4) is 11.1 Å². The smallest absolute Gasteiger partial charge is 0.251 e. The average Bonchev–Trinajstić information content (AvgIpc) is 3.27. The van der Waals surface area contributed by atoms with Crippen molar-refractivity contribution >= 4 is 22.9 Å². The van der Waals surface area contributed by atoms with Crippen molar-refractivity contribution in [1.29, 1.82) is 0 Å². The molecule has 0 radical (unpaired) electrons. The fraction of sp³-hybridized carbons (Fsp3) is 0.381. The molecule has 1 aliphatic carbocycles. The first-order valence-corrected chi connectivity index (χ1v) is 9.55. The number of halogens is 1. The van der Waals surface area contributed by atoms with Gasteiger partial charge in [-0.2, -0.15) is 4.98 Å². The van der Waals surface area contributed by atoms with E-state index in [-0.39, 0.29) is 17.9 Å². The zero-order chi connectivity index (χ0) is 19.5. The Labute approximate surface area is 162 Å². The molecule has 1 saturated carbocycles. The van der Waals surface area contributed by atoms with E-state index in [4.69, 9.17) is 0 Å². The van der Waals surface area contributed by atoms with Crippen LogP contribution in [0.25, 0.3) is 22.2 Å². The highest BCUT2D eigenvalue weighted by Gasteiger charge is 2.43. The number of carbonyl (C=O) groups is 1. The minimum atomic E-state index is -1.10. The van der Waals surface area contributed by atoms with Crippen LogP contribution in [0, 0.1) is 0 Å². The molecular formula is C21H22FN5O. The normalized spacial score (nSPS) is 19.2. The lowest BCUT2D eigenvalue weighted by Gasteiger charge is -2.32. The summed E-state index contributed by atoms with van der Waals surface area (Å²) in [6.07, 6.45) is 4.85. The van der Waals surface area contributed by atoms with Crippen LogP contribution in [-0.2, 0) is 5.41 Å². The van der Waals surface area contributed by atoms with E-state index in [1.165, 1.54) is 0 Å². The Morgan fingerprint density at radius 1 is 1.25 bits per heavy atom. The molecule has 3 heterocycles. The number of H-pyrrole nitrogens is 1. The highest BCUT2D eigenvalue weighted by molar-refractivity contribution is 5.99. The quantitative estimate of drug-likeness (QED) is 0.647. The summed E-state index contributed by atoms with van der Waals surface area (Å²) in [7, 11) is 0. The summed E-state index contributed by atoms with van der Waals surface area (Å²) in [6, 6.07) is 5.92. The molecule has 0 spiro atoms. The Morgan fingerprint density at radius 2 is 2.07 bits per heavy atom. The van der Waals surface area contributed by atoms with Crippen molar-refractivity contribution in [3.05, 3.63) is 41.7 Å². The van der Waals surface area contributed by atoms with Crippen molar-refractivity contribution in [2.75, 3.05) is 18.4 Å². The van der Waals surface area contributed by atoms with Gasteiger partial charge in [-0.05, 0) is 36.1 Å². The van der Waals surface area contributed by atoms with Gasteiger partial charge < -0.3 is 15.6 Å². The number of hydrogen-bond donors (Lipinski definition) is 3. The minimum absolute atomic E-state index is 0.0276. The molecule has 1 fully saturated rings. The van der Waals surface area contributed by atoms with Crippen molar-refractivity contribution in [1.82, 2.24) is 20.3 Å². The van der Waals surface area contributed by atoms with E-state index < -0.39 is 5.67 Å². The topological polar surface area (TPSA) is 82.7 Å². The van der Waals surface area contributed by atoms with E-state index in [2.05, 4.69) is 45.5 Å². The molecule has 3 N–H and O–H groups in total. The maximum atomic E-state index is 13.8. The second kappa shape index (κ2) is 5.77. The van der Waals surface area contributed by atoms with Crippen LogP contribution >= 0.6 is 0 Å². The summed E-state index contributed by atoms with van der Waals surface area (Å²) in [6.45, 7) is 5.12. The van der Waals surface area contributed by atoms with Gasteiger partial charge in [-0.1, -0.05) is 19.9 Å². The molecule has 0 unspecified atom stereocenters. The van der Waals surface area contributed by atoms with Gasteiger partial charge in [0.1, 0.15) is 11.3 Å². The summed E-state index contributed by atoms with van der Waals surface area (Å²) in [5.41, 5.74) is 3.23. The number of rotatable bonds is 4. The van der Waals surface area contributed by atoms with Gasteiger partial charge in [0, 0.05) is 40.9 Å². The number of hydrogen-bond acceptors (Lipinski definition) is 4. The minimum Gasteiger partial charge on any atom is -0.351 e. The number of nitrogens with one attached hydrogen (secondary N) is 3. The lowest BCUT2D eigenvalue weighted by Crippen LogP contribution is -2.43. The maximum Gasteiger partial charge on any atom is 0.251 e. The number of aromatic nitrogens is 3. The Morgan fingerprint density at radius 3 is 2.86 bits per heavy atom. The van der Waals surface area contributed by atoms with Gasteiger partial charge in [0.05, 0.1) is 6.54 Å². The summed E-state index contributed by atoms with van der Waals surface area (Å²) in [5.74, 6) is 0.396. The predicted molar refractivity (Wildman–Crippen MR) is 106 cm³/mol. The van der Waals surface area contributed by atoms with Crippen LogP contribution in [0.5, 0.6) is 0 Å². The Kier molecular flexibility index (Phi) is 3.53. The van der Waals surface area contributed by atoms with Gasteiger partial charge in [-0.3, -0.25) is 4.79 Å². The van der Waals surface area contributed by atoms with Crippen LogP contribution in [0.15, 0.2) is 30.6 Å². The van der Waals surface area contributed by atoms with Crippen LogP contribution in [-0.4, -0.2) is 39.6 Å². The van der Waals surface area contributed by atoms with Crippen LogP contribution in [0.4, 0.5) is 10.3 Å². The van der Waals surface area contributed by atoms with Crippen LogP contribution in [0.1, 0.15) is 42.6 Å². The molecule has 2 aromatic heterocycles. The van der Waals surface area contributed by atoms with Crippen molar-refractivity contribution in [2.24, 2.45) is 0 Å². The number of amides is 1. The highest BCUT2D eigenvalue weighted by atomic mass is 19.1. The molecule has 0 saturated heterocycles. The fourth-order valence-electron chi connectivity index (χ4n) is 3.74. The second-order valence-electron chi connectivity index (χ2n) is 8.49. The second-order valence-corrected chi connectivity index (χ2v) is 8.49. The van der Waals surface area contributed by atoms with E-state index in [0.717, 1.165) is 27.6 Å². The van der Waals surface area contributed by atoms with Gasteiger partial charge in [-0.25, -0.2) is 9.37 Å². The van der Waals surface area contributed by atoms with E-state index in [9.17, 15) is 9.18 Å². The molecule has 0 atom stereocenters. The molecule has 3 aromatic rings. The molecule has 1 amide bonds. The molecule has 144 valence electrons. The first-order valence-electron chi connectivity index (χ1n) is 9.55. The first kappa shape index (κ1) is 17.2. The Balaban J connectivity index is 1.50. The maximum absolute atomic E-state index is 13.8. The molecule has 7 heteroatoms. The number of aromatic amines is 1. The number of fused-ring (bicyclic) bond motifs is 2. The van der Waals surface area contributed by atoms with Crippen LogP contribution in [0.2, 0.25) is 0 Å². The third-order valence-corrected chi connectivity index (χ3v) is 5.78. The number of anilines is 1. The van der Waals surface area contributed by atoms with Crippen molar-refractivity contribution in [2.45, 2.75) is 37.8 Å². The van der Waals surface area contributed by atoms with Crippen molar-refractivity contribution in [3.63, 3.8) is 0 Å². The number of alkyl halides is 1. The summed E-state index contributed by atoms with van der Waals surface area (Å²) in [5, 5.41) is 6.82. The van der Waals surface area contributed by atoms with Gasteiger partial charge in [0.25, 0.3) is 5.91 Å². The summed E-state index contributed by atoms with van der Waals surface area (Å²) >= 11 is 0. The zero-order valence-corrected chi connectivity index (χ0v) is 15.9. The van der Waals surface area contributed by atoms with Crippen LogP contribution < -0.4 is 10.6 Å². The van der Waals surface area contributed by atoms with Gasteiger partial charge >= 0.3 is 0 Å². The van der Waals surface area contributed by atoms with Crippen molar-refractivity contribution < 1.29 is 9.18 Å². The Hall–Kier alpha value is -2.96. The van der Waals surface area contributed by atoms with Crippen LogP contribution in [0.3, 0.4) is 0 Å². The standard InChI is InChI=1S/C21H22FN5O/c1-20(2)10-25-18(28)13-4-3-12(7-16(13)20)14-8-23-17-15(14)9-24-19(27-17)26-11-21(22)5-6-21/h3-4,7-9H,5-6,10-11H2,1-2H3,(H,25,28)(H2,23,24,26,27). The van der Waals surface area contributed by atoms with Gasteiger partial charge in [0.15, 0.2) is 0 Å². The van der Waals surface area contributed by atoms with E-state index in [1.54, 1.807) is 6.20 Å². The Bertz CT molecular complexity index is 1100. The van der Waals surface area contributed by atoms with Gasteiger partial charge in [-0.15, -0.1) is 0 Å². The molecular weight excluding hydrogens is 357 g/mol. The third-order valence-electron chi connectivity index (χ3n) is 5.78. The largest absolute Gasteiger partial charge is 0.351 e.